The topological polar surface area (TPSA) is 103 Å². The van der Waals surface area contributed by atoms with E-state index in [4.69, 9.17) is 15.2 Å². The third-order valence-corrected chi connectivity index (χ3v) is 3.21. The van der Waals surface area contributed by atoms with Crippen LogP contribution >= 0.6 is 0 Å². The van der Waals surface area contributed by atoms with Crippen molar-refractivity contribution >= 4 is 17.5 Å². The minimum Gasteiger partial charge on any atom is -0.491 e. The molecule has 0 bridgehead atoms. The summed E-state index contributed by atoms with van der Waals surface area (Å²) in [6.07, 6.45) is 2.22. The summed E-state index contributed by atoms with van der Waals surface area (Å²) >= 11 is 0. The Hall–Kier alpha value is -2.12. The minimum atomic E-state index is -0.371. The lowest BCUT2D eigenvalue weighted by atomic mass is 10.2. The molecular formula is C15H21N3O4. The van der Waals surface area contributed by atoms with Crippen LogP contribution in [0.1, 0.15) is 12.8 Å². The fourth-order valence-electron chi connectivity index (χ4n) is 2.08. The van der Waals surface area contributed by atoms with Gasteiger partial charge in [0.25, 0.3) is 0 Å². The van der Waals surface area contributed by atoms with Crippen molar-refractivity contribution in [3.63, 3.8) is 0 Å². The second-order valence-electron chi connectivity index (χ2n) is 5.00. The molecule has 22 heavy (non-hydrogen) atoms. The lowest BCUT2D eigenvalue weighted by Gasteiger charge is -2.12. The van der Waals surface area contributed by atoms with Gasteiger partial charge in [-0.2, -0.15) is 0 Å². The average Bonchev–Trinajstić information content (AvgIpc) is 3.04. The van der Waals surface area contributed by atoms with E-state index < -0.39 is 0 Å². The molecule has 7 heteroatoms. The average molecular weight is 307 g/mol. The molecule has 1 unspecified atom stereocenters. The number of hydrogen-bond acceptors (Lipinski definition) is 5. The van der Waals surface area contributed by atoms with Crippen molar-refractivity contribution in [2.24, 2.45) is 5.73 Å². The highest BCUT2D eigenvalue weighted by Crippen LogP contribution is 2.19. The van der Waals surface area contributed by atoms with Crippen LogP contribution in [0.25, 0.3) is 0 Å². The SMILES string of the molecule is NCC(=O)NCC(=O)Nc1cccc(OCC2CCCO2)c1. The highest BCUT2D eigenvalue weighted by Gasteiger charge is 2.16. The van der Waals surface area contributed by atoms with E-state index in [1.54, 1.807) is 18.2 Å². The van der Waals surface area contributed by atoms with Crippen LogP contribution in [-0.4, -0.2) is 44.2 Å². The summed E-state index contributed by atoms with van der Waals surface area (Å²) in [6.45, 7) is 1.04. The maximum absolute atomic E-state index is 11.7. The van der Waals surface area contributed by atoms with Crippen molar-refractivity contribution in [3.05, 3.63) is 24.3 Å². The molecular weight excluding hydrogens is 286 g/mol. The first-order valence-corrected chi connectivity index (χ1v) is 7.28. The fraction of sp³-hybridized carbons (Fsp3) is 0.467. The Labute approximate surface area is 129 Å². The minimum absolute atomic E-state index is 0.114. The number of anilines is 1. The van der Waals surface area contributed by atoms with Gasteiger partial charge in [-0.05, 0) is 25.0 Å². The zero-order valence-electron chi connectivity index (χ0n) is 12.3. The standard InChI is InChI=1S/C15H21N3O4/c16-8-14(19)17-9-15(20)18-11-3-1-4-12(7-11)22-10-13-5-2-6-21-13/h1,3-4,7,13H,2,5-6,8-10,16H2,(H,17,19)(H,18,20). The number of carbonyl (C=O) groups excluding carboxylic acids is 2. The molecule has 1 saturated heterocycles. The summed E-state index contributed by atoms with van der Waals surface area (Å²) < 4.78 is 11.2. The molecule has 4 N–H and O–H groups in total. The van der Waals surface area contributed by atoms with Crippen LogP contribution in [0.2, 0.25) is 0 Å². The van der Waals surface area contributed by atoms with E-state index in [9.17, 15) is 9.59 Å². The van der Waals surface area contributed by atoms with Crippen molar-refractivity contribution in [1.29, 1.82) is 0 Å². The summed E-state index contributed by atoms with van der Waals surface area (Å²) in [7, 11) is 0. The summed E-state index contributed by atoms with van der Waals surface area (Å²) in [5.74, 6) is -0.0267. The molecule has 1 aromatic rings. The number of amides is 2. The van der Waals surface area contributed by atoms with Crippen molar-refractivity contribution in [3.8, 4) is 5.75 Å². The van der Waals surface area contributed by atoms with Gasteiger partial charge in [-0.1, -0.05) is 6.07 Å². The van der Waals surface area contributed by atoms with E-state index in [0.29, 0.717) is 18.0 Å². The largest absolute Gasteiger partial charge is 0.491 e. The molecule has 1 aliphatic heterocycles. The Morgan fingerprint density at radius 1 is 1.36 bits per heavy atom. The molecule has 120 valence electrons. The van der Waals surface area contributed by atoms with Gasteiger partial charge in [0.15, 0.2) is 0 Å². The molecule has 1 heterocycles. The predicted octanol–water partition coefficient (Wildman–Crippen LogP) is 0.258. The third kappa shape index (κ3) is 5.34. The van der Waals surface area contributed by atoms with Crippen LogP contribution < -0.4 is 21.1 Å². The number of ether oxygens (including phenoxy) is 2. The summed E-state index contributed by atoms with van der Waals surface area (Å²) in [6, 6.07) is 7.10. The molecule has 1 atom stereocenters. The van der Waals surface area contributed by atoms with Crippen LogP contribution in [-0.2, 0) is 14.3 Å². The Balaban J connectivity index is 1.79. The molecule has 0 saturated carbocycles. The number of benzene rings is 1. The Morgan fingerprint density at radius 3 is 2.95 bits per heavy atom. The number of nitrogens with two attached hydrogens (primary N) is 1. The second-order valence-corrected chi connectivity index (χ2v) is 5.00. The van der Waals surface area contributed by atoms with Gasteiger partial charge in [0.05, 0.1) is 19.2 Å². The lowest BCUT2D eigenvalue weighted by molar-refractivity contribution is -0.123. The Bertz CT molecular complexity index is 515. The van der Waals surface area contributed by atoms with E-state index >= 15 is 0 Å². The van der Waals surface area contributed by atoms with Crippen LogP contribution in [0.15, 0.2) is 24.3 Å². The van der Waals surface area contributed by atoms with E-state index in [2.05, 4.69) is 10.6 Å². The van der Waals surface area contributed by atoms with Gasteiger partial charge >= 0.3 is 0 Å². The van der Waals surface area contributed by atoms with Gasteiger partial charge in [-0.3, -0.25) is 9.59 Å². The highest BCUT2D eigenvalue weighted by molar-refractivity contribution is 5.94. The molecule has 0 aromatic heterocycles. The monoisotopic (exact) mass is 307 g/mol. The quantitative estimate of drug-likeness (QED) is 0.670. The number of hydrogen-bond donors (Lipinski definition) is 3. The molecule has 0 aliphatic carbocycles. The first kappa shape index (κ1) is 16.3. The molecule has 0 radical (unpaired) electrons. The second kappa shape index (κ2) is 8.35. The van der Waals surface area contributed by atoms with Gasteiger partial charge in [-0.25, -0.2) is 0 Å². The molecule has 1 aliphatic rings. The van der Waals surface area contributed by atoms with Crippen molar-refractivity contribution in [2.75, 3.05) is 31.6 Å². The maximum Gasteiger partial charge on any atom is 0.243 e. The molecule has 1 fully saturated rings. The molecule has 7 nitrogen and oxygen atoms in total. The Kier molecular flexibility index (Phi) is 6.17. The number of rotatable bonds is 7. The smallest absolute Gasteiger partial charge is 0.243 e. The third-order valence-electron chi connectivity index (χ3n) is 3.21. The summed E-state index contributed by atoms with van der Waals surface area (Å²) in [4.78, 5) is 22.7. The van der Waals surface area contributed by atoms with Crippen molar-refractivity contribution in [2.45, 2.75) is 18.9 Å². The molecule has 0 spiro atoms. The summed E-state index contributed by atoms with van der Waals surface area (Å²) in [5, 5.41) is 5.09. The van der Waals surface area contributed by atoms with Gasteiger partial charge in [0.1, 0.15) is 12.4 Å². The predicted molar refractivity (Wildman–Crippen MR) is 81.6 cm³/mol. The van der Waals surface area contributed by atoms with Gasteiger partial charge in [0.2, 0.25) is 11.8 Å². The molecule has 1 aromatic carbocycles. The van der Waals surface area contributed by atoms with Crippen LogP contribution in [0.5, 0.6) is 5.75 Å². The van der Waals surface area contributed by atoms with Gasteiger partial charge in [-0.15, -0.1) is 0 Å². The number of carbonyl (C=O) groups is 2. The number of nitrogens with one attached hydrogen (secondary N) is 2. The molecule has 2 amide bonds. The zero-order valence-corrected chi connectivity index (χ0v) is 12.3. The highest BCUT2D eigenvalue weighted by atomic mass is 16.5. The van der Waals surface area contributed by atoms with E-state index in [-0.39, 0.29) is 31.0 Å². The normalized spacial score (nSPS) is 17.0. The lowest BCUT2D eigenvalue weighted by Crippen LogP contribution is -2.36. The van der Waals surface area contributed by atoms with Crippen molar-refractivity contribution in [1.82, 2.24) is 5.32 Å². The van der Waals surface area contributed by atoms with Crippen LogP contribution in [0.3, 0.4) is 0 Å². The first-order chi connectivity index (χ1) is 10.7. The Morgan fingerprint density at radius 2 is 2.23 bits per heavy atom. The first-order valence-electron chi connectivity index (χ1n) is 7.28. The van der Waals surface area contributed by atoms with Crippen LogP contribution in [0.4, 0.5) is 5.69 Å². The summed E-state index contributed by atoms with van der Waals surface area (Å²) in [5.41, 5.74) is 5.75. The fourth-order valence-corrected chi connectivity index (χ4v) is 2.08. The van der Waals surface area contributed by atoms with Crippen molar-refractivity contribution < 1.29 is 19.1 Å². The maximum atomic E-state index is 11.7. The van der Waals surface area contributed by atoms with E-state index in [0.717, 1.165) is 19.4 Å². The van der Waals surface area contributed by atoms with E-state index in [1.807, 2.05) is 6.07 Å². The molecule has 2 rings (SSSR count). The van der Waals surface area contributed by atoms with Gasteiger partial charge in [0, 0.05) is 18.4 Å². The van der Waals surface area contributed by atoms with Crippen LogP contribution in [0, 0.1) is 0 Å². The van der Waals surface area contributed by atoms with E-state index in [1.165, 1.54) is 0 Å². The zero-order chi connectivity index (χ0) is 15.8. The van der Waals surface area contributed by atoms with Gasteiger partial charge < -0.3 is 25.8 Å².